The molecule has 0 bridgehead atoms. The van der Waals surface area contributed by atoms with Crippen molar-refractivity contribution in [1.82, 2.24) is 25.8 Å². The number of hydrogen-bond donors (Lipinski definition) is 7. The van der Waals surface area contributed by atoms with E-state index in [2.05, 4.69) is 20.9 Å². The van der Waals surface area contributed by atoms with E-state index >= 15 is 0 Å². The van der Waals surface area contributed by atoms with Gasteiger partial charge in [0.1, 0.15) is 30.2 Å². The average molecular weight is 684 g/mol. The largest absolute Gasteiger partial charge is 0.480 e. The molecule has 7 atom stereocenters. The van der Waals surface area contributed by atoms with Gasteiger partial charge in [0.2, 0.25) is 29.5 Å². The highest BCUT2D eigenvalue weighted by Crippen LogP contribution is 2.26. The monoisotopic (exact) mass is 683 g/mol. The van der Waals surface area contributed by atoms with Crippen LogP contribution in [0, 0.1) is 5.92 Å². The van der Waals surface area contributed by atoms with Crippen molar-refractivity contribution in [1.29, 1.82) is 0 Å². The normalized spacial score (nSPS) is 20.8. The second-order valence-corrected chi connectivity index (χ2v) is 13.2. The number of rotatable bonds is 18. The van der Waals surface area contributed by atoms with Crippen molar-refractivity contribution in [2.45, 2.75) is 108 Å². The molecule has 0 radical (unpaired) electrons. The lowest BCUT2D eigenvalue weighted by Crippen LogP contribution is -2.58. The van der Waals surface area contributed by atoms with Gasteiger partial charge in [-0.05, 0) is 69.8 Å². The fraction of sp³-hybridized carbons (Fsp3) is 0.767. The number of carboxylic acids is 1. The lowest BCUT2D eigenvalue weighted by molar-refractivity contribution is -0.149. The van der Waals surface area contributed by atoms with Gasteiger partial charge in [0.05, 0.1) is 6.04 Å². The molecular formula is C30H53N9O7S. The van der Waals surface area contributed by atoms with Gasteiger partial charge in [-0.15, -0.1) is 0 Å². The van der Waals surface area contributed by atoms with Gasteiger partial charge in [-0.1, -0.05) is 20.3 Å². The molecule has 2 aliphatic heterocycles. The maximum absolute atomic E-state index is 13.8. The van der Waals surface area contributed by atoms with Gasteiger partial charge in [-0.2, -0.15) is 11.8 Å². The third-order valence-electron chi connectivity index (χ3n) is 8.71. The van der Waals surface area contributed by atoms with Crippen molar-refractivity contribution in [3.05, 3.63) is 0 Å². The molecule has 0 unspecified atom stereocenters. The van der Waals surface area contributed by atoms with Crippen LogP contribution in [0.15, 0.2) is 4.99 Å². The third-order valence-corrected chi connectivity index (χ3v) is 9.36. The van der Waals surface area contributed by atoms with Crippen LogP contribution in [0.5, 0.6) is 0 Å². The first-order chi connectivity index (χ1) is 22.2. The Morgan fingerprint density at radius 1 is 0.936 bits per heavy atom. The molecule has 266 valence electrons. The molecule has 0 aliphatic carbocycles. The number of carbonyl (C=O) groups excluding carboxylic acids is 5. The summed E-state index contributed by atoms with van der Waals surface area (Å²) >= 11 is 1.54. The third kappa shape index (κ3) is 11.6. The molecule has 10 N–H and O–H groups in total. The van der Waals surface area contributed by atoms with Gasteiger partial charge in [-0.25, -0.2) is 4.79 Å². The molecule has 5 amide bonds. The standard InChI is InChI=1S/C30H53N9O7S/c1-5-17(2)23(29(45)46)37-26(42)21-10-7-14-38(21)28(44)22-11-8-15-39(22)27(43)18(3)35-25(41)20(9-6-13-34-30(32)33)36-24(40)19(31)12-16-47-4/h17-23H,5-16,31H2,1-4H3,(H,35,41)(H,36,40)(H,37,42)(H,45,46)(H4,32,33,34)/t17-,18-,19-,20-,21-,22-,23-/m0/s1. The molecule has 16 nitrogen and oxygen atoms in total. The number of thioether (sulfide) groups is 1. The summed E-state index contributed by atoms with van der Waals surface area (Å²) in [5, 5.41) is 17.6. The van der Waals surface area contributed by atoms with E-state index in [1.807, 2.05) is 13.2 Å². The number of carbonyl (C=O) groups is 6. The molecule has 2 rings (SSSR count). The van der Waals surface area contributed by atoms with Crippen LogP contribution < -0.4 is 33.2 Å². The topological polar surface area (TPSA) is 256 Å². The minimum Gasteiger partial charge on any atom is -0.480 e. The molecule has 0 aromatic rings. The smallest absolute Gasteiger partial charge is 0.326 e. The van der Waals surface area contributed by atoms with Gasteiger partial charge >= 0.3 is 5.97 Å². The summed E-state index contributed by atoms with van der Waals surface area (Å²) in [6, 6.07) is -5.59. The molecule has 2 heterocycles. The summed E-state index contributed by atoms with van der Waals surface area (Å²) in [4.78, 5) is 85.1. The first-order valence-electron chi connectivity index (χ1n) is 16.3. The van der Waals surface area contributed by atoms with Crippen molar-refractivity contribution in [2.24, 2.45) is 28.1 Å². The van der Waals surface area contributed by atoms with Gasteiger partial charge < -0.3 is 48.1 Å². The van der Waals surface area contributed by atoms with Crippen LogP contribution in [0.4, 0.5) is 0 Å². The van der Waals surface area contributed by atoms with Crippen LogP contribution >= 0.6 is 11.8 Å². The molecule has 47 heavy (non-hydrogen) atoms. The number of likely N-dealkylation sites (tertiary alicyclic amines) is 2. The van der Waals surface area contributed by atoms with Crippen molar-refractivity contribution in [3.63, 3.8) is 0 Å². The van der Waals surface area contributed by atoms with Crippen LogP contribution in [0.3, 0.4) is 0 Å². The van der Waals surface area contributed by atoms with E-state index in [1.54, 1.807) is 18.7 Å². The average Bonchev–Trinajstić information content (AvgIpc) is 3.73. The number of aliphatic imine (C=N–C) groups is 1. The lowest BCUT2D eigenvalue weighted by Gasteiger charge is -2.33. The highest BCUT2D eigenvalue weighted by molar-refractivity contribution is 7.98. The molecule has 0 aromatic carbocycles. The number of guanidine groups is 1. The Balaban J connectivity index is 2.11. The fourth-order valence-electron chi connectivity index (χ4n) is 5.77. The van der Waals surface area contributed by atoms with E-state index < -0.39 is 65.8 Å². The Hall–Kier alpha value is -3.60. The second kappa shape index (κ2) is 19.3. The van der Waals surface area contributed by atoms with Gasteiger partial charge in [0, 0.05) is 19.6 Å². The van der Waals surface area contributed by atoms with E-state index in [0.717, 1.165) is 0 Å². The molecule has 17 heteroatoms. The lowest BCUT2D eigenvalue weighted by atomic mass is 9.98. The number of hydrogen-bond acceptors (Lipinski definition) is 9. The minimum atomic E-state index is -1.14. The summed E-state index contributed by atoms with van der Waals surface area (Å²) in [7, 11) is 0. The summed E-state index contributed by atoms with van der Waals surface area (Å²) in [5.41, 5.74) is 16.8. The number of carboxylic acid groups (broad SMARTS) is 1. The van der Waals surface area contributed by atoms with Crippen LogP contribution in [-0.4, -0.2) is 124 Å². The fourth-order valence-corrected chi connectivity index (χ4v) is 6.26. The minimum absolute atomic E-state index is 0.0977. The second-order valence-electron chi connectivity index (χ2n) is 12.2. The SMILES string of the molecule is CC[C@H](C)[C@H](NC(=O)[C@@H]1CCCN1C(=O)[C@@H]1CCCN1C(=O)[C@H](C)NC(=O)[C@H](CCCN=C(N)N)NC(=O)[C@@H](N)CCSC)C(=O)O. The van der Waals surface area contributed by atoms with Gasteiger partial charge in [-0.3, -0.25) is 29.0 Å². The van der Waals surface area contributed by atoms with Crippen molar-refractivity contribution in [2.75, 3.05) is 31.6 Å². The molecule has 0 aromatic heterocycles. The number of aliphatic carboxylic acids is 1. The zero-order valence-corrected chi connectivity index (χ0v) is 28.7. The molecule has 0 spiro atoms. The number of nitrogens with zero attached hydrogens (tertiary/aromatic N) is 3. The maximum Gasteiger partial charge on any atom is 0.326 e. The first kappa shape index (κ1) is 39.6. The molecule has 0 saturated carbocycles. The molecule has 2 saturated heterocycles. The Morgan fingerprint density at radius 3 is 2.17 bits per heavy atom. The Kier molecular flexibility index (Phi) is 16.2. The summed E-state index contributed by atoms with van der Waals surface area (Å²) in [5.74, 6) is -3.33. The van der Waals surface area contributed by atoms with E-state index in [0.29, 0.717) is 57.2 Å². The predicted molar refractivity (Wildman–Crippen MR) is 179 cm³/mol. The number of nitrogens with one attached hydrogen (secondary N) is 3. The summed E-state index contributed by atoms with van der Waals surface area (Å²) in [6.45, 7) is 5.92. The van der Waals surface area contributed by atoms with Gasteiger partial charge in [0.15, 0.2) is 5.96 Å². The summed E-state index contributed by atoms with van der Waals surface area (Å²) < 4.78 is 0. The molecular weight excluding hydrogens is 630 g/mol. The Morgan fingerprint density at radius 2 is 1.57 bits per heavy atom. The maximum atomic E-state index is 13.8. The van der Waals surface area contributed by atoms with Crippen molar-refractivity contribution < 1.29 is 33.9 Å². The molecule has 2 aliphatic rings. The van der Waals surface area contributed by atoms with Crippen LogP contribution in [-0.2, 0) is 28.8 Å². The van der Waals surface area contributed by atoms with Crippen LogP contribution in [0.2, 0.25) is 0 Å². The zero-order chi connectivity index (χ0) is 35.3. The predicted octanol–water partition coefficient (Wildman–Crippen LogP) is -1.29. The van der Waals surface area contributed by atoms with E-state index in [1.165, 1.54) is 16.7 Å². The van der Waals surface area contributed by atoms with Crippen LogP contribution in [0.1, 0.15) is 72.1 Å². The highest BCUT2D eigenvalue weighted by atomic mass is 32.2. The van der Waals surface area contributed by atoms with E-state index in [4.69, 9.17) is 17.2 Å². The van der Waals surface area contributed by atoms with Crippen molar-refractivity contribution in [3.8, 4) is 0 Å². The Labute approximate surface area is 280 Å². The first-order valence-corrected chi connectivity index (χ1v) is 17.7. The summed E-state index contributed by atoms with van der Waals surface area (Å²) in [6.07, 6.45) is 5.32. The van der Waals surface area contributed by atoms with E-state index in [-0.39, 0.29) is 37.3 Å². The number of nitrogens with two attached hydrogens (primary N) is 3. The number of amides is 5. The zero-order valence-electron chi connectivity index (χ0n) is 27.9. The quantitative estimate of drug-likeness (QED) is 0.0508. The molecule has 2 fully saturated rings. The van der Waals surface area contributed by atoms with E-state index in [9.17, 15) is 33.9 Å². The van der Waals surface area contributed by atoms with Gasteiger partial charge in [0.25, 0.3) is 0 Å². The highest BCUT2D eigenvalue weighted by Gasteiger charge is 2.44. The Bertz CT molecular complexity index is 1150. The van der Waals surface area contributed by atoms with Crippen LogP contribution in [0.25, 0.3) is 0 Å². The van der Waals surface area contributed by atoms with Crippen molar-refractivity contribution >= 4 is 53.2 Å².